The summed E-state index contributed by atoms with van der Waals surface area (Å²) in [6.45, 7) is 0.501. The van der Waals surface area contributed by atoms with Gasteiger partial charge in [-0.15, -0.1) is 0 Å². The predicted octanol–water partition coefficient (Wildman–Crippen LogP) is -1.69. The zero-order valence-electron chi connectivity index (χ0n) is 3.27. The highest BCUT2D eigenvalue weighted by atomic mass is 16.5. The van der Waals surface area contributed by atoms with E-state index in [0.717, 1.165) is 0 Å². The Bertz CT molecular complexity index is 42.1. The van der Waals surface area contributed by atoms with Gasteiger partial charge in [-0.1, -0.05) is 0 Å². The second-order valence-electron chi connectivity index (χ2n) is 1.05. The van der Waals surface area contributed by atoms with Crippen LogP contribution in [-0.2, 0) is 4.74 Å². The van der Waals surface area contributed by atoms with Crippen molar-refractivity contribution in [3.8, 4) is 0 Å². The van der Waals surface area contributed by atoms with Crippen LogP contribution in [0.25, 0.3) is 0 Å². The number of nitrogens with two attached hydrogens (primary N) is 1. The van der Waals surface area contributed by atoms with E-state index in [2.05, 4.69) is 10.9 Å². The molecule has 6 heavy (non-hydrogen) atoms. The molecule has 4 nitrogen and oxygen atoms in total. The molecule has 0 aromatic carbocycles. The van der Waals surface area contributed by atoms with Gasteiger partial charge in [0, 0.05) is 0 Å². The van der Waals surface area contributed by atoms with E-state index in [-0.39, 0.29) is 6.35 Å². The van der Waals surface area contributed by atoms with Gasteiger partial charge in [0.15, 0.2) is 6.35 Å². The van der Waals surface area contributed by atoms with Gasteiger partial charge in [0.05, 0.1) is 0 Å². The summed E-state index contributed by atoms with van der Waals surface area (Å²) < 4.78 is 4.71. The Morgan fingerprint density at radius 1 is 1.83 bits per heavy atom. The quantitative estimate of drug-likeness (QED) is 0.331. The smallest absolute Gasteiger partial charge is 0.175 e. The number of hydrazine groups is 1. The minimum Gasteiger partial charge on any atom is -0.333 e. The number of rotatable bonds is 0. The monoisotopic (exact) mass is 89.1 g/mol. The molecular formula is C2H7N3O. The Morgan fingerprint density at radius 3 is 2.83 bits per heavy atom. The Kier molecular flexibility index (Phi) is 1.02. The van der Waals surface area contributed by atoms with E-state index in [4.69, 9.17) is 10.5 Å². The van der Waals surface area contributed by atoms with Gasteiger partial charge < -0.3 is 4.74 Å². The summed E-state index contributed by atoms with van der Waals surface area (Å²) in [7, 11) is 0. The molecule has 4 heteroatoms. The third-order valence-corrected chi connectivity index (χ3v) is 0.579. The molecule has 1 rings (SSSR count). The molecule has 0 aliphatic carbocycles. The van der Waals surface area contributed by atoms with Crippen LogP contribution in [0.15, 0.2) is 0 Å². The maximum atomic E-state index is 5.14. The summed E-state index contributed by atoms with van der Waals surface area (Å²) in [5.74, 6) is 0. The second-order valence-corrected chi connectivity index (χ2v) is 1.05. The molecule has 1 fully saturated rings. The molecule has 1 atom stereocenters. The zero-order chi connectivity index (χ0) is 4.41. The molecule has 1 aliphatic rings. The molecule has 0 spiro atoms. The number of hydrogen-bond donors (Lipinski definition) is 3. The summed E-state index contributed by atoms with van der Waals surface area (Å²) in [6.07, 6.45) is -0.315. The average Bonchev–Trinajstić information content (AvgIpc) is 1.86. The van der Waals surface area contributed by atoms with E-state index < -0.39 is 0 Å². The van der Waals surface area contributed by atoms with Crippen molar-refractivity contribution in [2.45, 2.75) is 6.35 Å². The molecule has 0 aromatic rings. The van der Waals surface area contributed by atoms with Gasteiger partial charge in [0.1, 0.15) is 6.73 Å². The lowest BCUT2D eigenvalue weighted by Crippen LogP contribution is -2.36. The van der Waals surface area contributed by atoms with E-state index in [0.29, 0.717) is 6.73 Å². The van der Waals surface area contributed by atoms with Crippen LogP contribution in [0.2, 0.25) is 0 Å². The lowest BCUT2D eigenvalue weighted by molar-refractivity contribution is 0.105. The van der Waals surface area contributed by atoms with E-state index in [1.54, 1.807) is 0 Å². The topological polar surface area (TPSA) is 59.3 Å². The Balaban J connectivity index is 2.18. The first kappa shape index (κ1) is 4.01. The van der Waals surface area contributed by atoms with Crippen LogP contribution in [0.4, 0.5) is 0 Å². The van der Waals surface area contributed by atoms with E-state index >= 15 is 0 Å². The van der Waals surface area contributed by atoms with Crippen molar-refractivity contribution in [1.29, 1.82) is 0 Å². The zero-order valence-corrected chi connectivity index (χ0v) is 3.27. The third-order valence-electron chi connectivity index (χ3n) is 0.579. The molecule has 4 N–H and O–H groups in total. The maximum Gasteiger partial charge on any atom is 0.175 e. The van der Waals surface area contributed by atoms with Crippen LogP contribution < -0.4 is 16.6 Å². The van der Waals surface area contributed by atoms with Gasteiger partial charge >= 0.3 is 0 Å². The van der Waals surface area contributed by atoms with Gasteiger partial charge in [0.25, 0.3) is 0 Å². The van der Waals surface area contributed by atoms with Crippen molar-refractivity contribution in [2.75, 3.05) is 6.73 Å². The van der Waals surface area contributed by atoms with Crippen LogP contribution in [0, 0.1) is 0 Å². The summed E-state index contributed by atoms with van der Waals surface area (Å²) in [6, 6.07) is 0. The second kappa shape index (κ2) is 1.53. The molecule has 1 saturated heterocycles. The first-order chi connectivity index (χ1) is 2.89. The van der Waals surface area contributed by atoms with Crippen LogP contribution in [-0.4, -0.2) is 13.1 Å². The van der Waals surface area contributed by atoms with Crippen molar-refractivity contribution >= 4 is 0 Å². The van der Waals surface area contributed by atoms with Crippen molar-refractivity contribution in [3.63, 3.8) is 0 Å². The predicted molar refractivity (Wildman–Crippen MR) is 20.2 cm³/mol. The van der Waals surface area contributed by atoms with Crippen LogP contribution in [0.1, 0.15) is 0 Å². The van der Waals surface area contributed by atoms with Gasteiger partial charge in [-0.2, -0.15) is 0 Å². The molecule has 0 radical (unpaired) electrons. The average molecular weight is 89.1 g/mol. The lowest BCUT2D eigenvalue weighted by Gasteiger charge is -1.94. The van der Waals surface area contributed by atoms with Crippen molar-refractivity contribution in [1.82, 2.24) is 10.9 Å². The van der Waals surface area contributed by atoms with Crippen LogP contribution in [0.5, 0.6) is 0 Å². The fourth-order valence-corrected chi connectivity index (χ4v) is 0.315. The van der Waals surface area contributed by atoms with E-state index in [1.165, 1.54) is 0 Å². The largest absolute Gasteiger partial charge is 0.333 e. The van der Waals surface area contributed by atoms with E-state index in [1.807, 2.05) is 0 Å². The minimum absolute atomic E-state index is 0.315. The molecule has 0 saturated carbocycles. The third kappa shape index (κ3) is 0.662. The molecule has 0 bridgehead atoms. The van der Waals surface area contributed by atoms with E-state index in [9.17, 15) is 0 Å². The number of ether oxygens (including phenoxy) is 1. The number of hydrogen-bond acceptors (Lipinski definition) is 4. The maximum absolute atomic E-state index is 5.14. The first-order valence-electron chi connectivity index (χ1n) is 1.75. The number of nitrogens with one attached hydrogen (secondary N) is 2. The van der Waals surface area contributed by atoms with Gasteiger partial charge in [-0.05, 0) is 0 Å². The molecule has 1 aliphatic heterocycles. The fraction of sp³-hybridized carbons (Fsp3) is 1.00. The molecule has 0 amide bonds. The van der Waals surface area contributed by atoms with Crippen molar-refractivity contribution < 1.29 is 4.74 Å². The SMILES string of the molecule is NC1NNCO1. The Labute approximate surface area is 35.6 Å². The normalized spacial score (nSPS) is 34.5. The summed E-state index contributed by atoms with van der Waals surface area (Å²) >= 11 is 0. The molecule has 36 valence electrons. The summed E-state index contributed by atoms with van der Waals surface area (Å²) in [4.78, 5) is 0. The highest BCUT2D eigenvalue weighted by Crippen LogP contribution is 1.77. The molecule has 1 heterocycles. The van der Waals surface area contributed by atoms with Crippen LogP contribution in [0.3, 0.4) is 0 Å². The minimum atomic E-state index is -0.315. The Morgan fingerprint density at radius 2 is 2.67 bits per heavy atom. The summed E-state index contributed by atoms with van der Waals surface area (Å²) in [5.41, 5.74) is 10.4. The van der Waals surface area contributed by atoms with Gasteiger partial charge in [-0.25, -0.2) is 10.9 Å². The summed E-state index contributed by atoms with van der Waals surface area (Å²) in [5, 5.41) is 0. The molecular weight excluding hydrogens is 82.0 g/mol. The molecule has 0 aromatic heterocycles. The Hall–Kier alpha value is -0.160. The highest BCUT2D eigenvalue weighted by Gasteiger charge is 2.04. The fourth-order valence-electron chi connectivity index (χ4n) is 0.315. The van der Waals surface area contributed by atoms with Gasteiger partial charge in [0.2, 0.25) is 0 Å². The standard InChI is InChI=1S/C2H7N3O/c3-2-5-4-1-6-2/h2,4-5H,1,3H2. The highest BCUT2D eigenvalue weighted by molar-refractivity contribution is 4.42. The first-order valence-corrected chi connectivity index (χ1v) is 1.75. The van der Waals surface area contributed by atoms with Crippen molar-refractivity contribution in [2.24, 2.45) is 5.73 Å². The van der Waals surface area contributed by atoms with Crippen LogP contribution >= 0.6 is 0 Å². The lowest BCUT2D eigenvalue weighted by atomic mass is 11.1. The van der Waals surface area contributed by atoms with Gasteiger partial charge in [-0.3, -0.25) is 5.73 Å². The van der Waals surface area contributed by atoms with Crippen molar-refractivity contribution in [3.05, 3.63) is 0 Å². The molecule has 1 unspecified atom stereocenters.